The van der Waals surface area contributed by atoms with Crippen LogP contribution in [0.5, 0.6) is 5.75 Å². The lowest BCUT2D eigenvalue weighted by Crippen LogP contribution is -1.93. The quantitative estimate of drug-likeness (QED) is 0.662. The summed E-state index contributed by atoms with van der Waals surface area (Å²) in [6, 6.07) is 5.87. The molecule has 3 rings (SSSR count). The van der Waals surface area contributed by atoms with Crippen molar-refractivity contribution in [3.05, 3.63) is 18.2 Å². The molecule has 1 N–H and O–H groups in total. The van der Waals surface area contributed by atoms with Crippen LogP contribution in [0.15, 0.2) is 23.4 Å². The first-order chi connectivity index (χ1) is 9.08. The largest absolute Gasteiger partial charge is 0.494 e. The fourth-order valence-corrected chi connectivity index (χ4v) is 3.74. The van der Waals surface area contributed by atoms with Crippen molar-refractivity contribution >= 4 is 46.0 Å². The van der Waals surface area contributed by atoms with E-state index in [-0.39, 0.29) is 0 Å². The third-order valence-electron chi connectivity index (χ3n) is 3.12. The van der Waals surface area contributed by atoms with E-state index in [0.717, 1.165) is 34.1 Å². The number of aromatic nitrogens is 2. The number of ether oxygens (including phenoxy) is 1. The maximum atomic E-state index is 6.01. The van der Waals surface area contributed by atoms with E-state index < -0.39 is 4.33 Å². The Hall–Kier alpha value is -0.580. The fourth-order valence-electron chi connectivity index (χ4n) is 1.92. The van der Waals surface area contributed by atoms with Crippen molar-refractivity contribution in [1.29, 1.82) is 0 Å². The molecular formula is C13H14Cl2N2OS. The molecule has 1 saturated carbocycles. The predicted molar refractivity (Wildman–Crippen MR) is 80.5 cm³/mol. The molecule has 1 aromatic carbocycles. The van der Waals surface area contributed by atoms with E-state index in [0.29, 0.717) is 12.5 Å². The summed E-state index contributed by atoms with van der Waals surface area (Å²) in [6.45, 7) is 2.63. The molecule has 0 spiro atoms. The number of nitrogens with zero attached hydrogens (tertiary/aromatic N) is 1. The van der Waals surface area contributed by atoms with E-state index in [9.17, 15) is 0 Å². The fraction of sp³-hybridized carbons (Fsp3) is 0.462. The molecule has 0 aliphatic heterocycles. The zero-order chi connectivity index (χ0) is 13.5. The lowest BCUT2D eigenvalue weighted by Gasteiger charge is -2.00. The van der Waals surface area contributed by atoms with Gasteiger partial charge in [0.1, 0.15) is 10.1 Å². The molecule has 3 nitrogen and oxygen atoms in total. The van der Waals surface area contributed by atoms with Gasteiger partial charge in [-0.15, -0.1) is 23.2 Å². The molecule has 0 saturated heterocycles. The number of H-pyrrole nitrogens is 1. The van der Waals surface area contributed by atoms with Gasteiger partial charge in [0.2, 0.25) is 0 Å². The third-order valence-corrected chi connectivity index (χ3v) is 5.08. The zero-order valence-electron chi connectivity index (χ0n) is 10.5. The van der Waals surface area contributed by atoms with Crippen molar-refractivity contribution in [2.75, 3.05) is 12.4 Å². The number of fused-ring (bicyclic) bond motifs is 1. The van der Waals surface area contributed by atoms with Gasteiger partial charge in [-0.1, -0.05) is 11.8 Å². The lowest BCUT2D eigenvalue weighted by atomic mass is 10.3. The van der Waals surface area contributed by atoms with Crippen LogP contribution in [0.25, 0.3) is 11.0 Å². The summed E-state index contributed by atoms with van der Waals surface area (Å²) >= 11 is 13.7. The Morgan fingerprint density at radius 2 is 2.32 bits per heavy atom. The first-order valence-corrected chi connectivity index (χ1v) is 7.96. The van der Waals surface area contributed by atoms with Crippen LogP contribution in [0, 0.1) is 5.92 Å². The molecule has 2 aromatic rings. The van der Waals surface area contributed by atoms with Crippen molar-refractivity contribution in [2.24, 2.45) is 5.92 Å². The summed E-state index contributed by atoms with van der Waals surface area (Å²) in [7, 11) is 0. The van der Waals surface area contributed by atoms with Crippen molar-refractivity contribution < 1.29 is 4.74 Å². The number of imidazole rings is 1. The number of rotatable bonds is 5. The Kier molecular flexibility index (Phi) is 3.58. The minimum Gasteiger partial charge on any atom is -0.494 e. The van der Waals surface area contributed by atoms with Gasteiger partial charge in [0.15, 0.2) is 5.16 Å². The van der Waals surface area contributed by atoms with E-state index in [4.69, 9.17) is 27.9 Å². The average Bonchev–Trinajstić information content (AvgIpc) is 2.81. The Morgan fingerprint density at radius 1 is 1.53 bits per heavy atom. The molecule has 102 valence electrons. The molecule has 0 radical (unpaired) electrons. The highest BCUT2D eigenvalue weighted by atomic mass is 35.5. The maximum Gasteiger partial charge on any atom is 0.166 e. The second-order valence-corrected chi connectivity index (χ2v) is 7.18. The maximum absolute atomic E-state index is 6.01. The first kappa shape index (κ1) is 13.4. The zero-order valence-corrected chi connectivity index (χ0v) is 12.8. The SMILES string of the molecule is CCOc1ccc2nc(SC[C@H]3CC3(Cl)Cl)[nH]c2c1. The number of halogens is 2. The summed E-state index contributed by atoms with van der Waals surface area (Å²) < 4.78 is 4.96. The number of thioether (sulfide) groups is 1. The number of benzene rings is 1. The minimum atomic E-state index is -0.513. The second kappa shape index (κ2) is 5.08. The van der Waals surface area contributed by atoms with Crippen molar-refractivity contribution in [1.82, 2.24) is 9.97 Å². The van der Waals surface area contributed by atoms with E-state index in [1.165, 1.54) is 0 Å². The number of hydrogen-bond acceptors (Lipinski definition) is 3. The Bertz CT molecular complexity index is 599. The van der Waals surface area contributed by atoms with Gasteiger partial charge in [-0.05, 0) is 25.5 Å². The Labute approximate surface area is 126 Å². The van der Waals surface area contributed by atoms with Crippen LogP contribution in [0.3, 0.4) is 0 Å². The third kappa shape index (κ3) is 2.96. The standard InChI is InChI=1S/C13H14Cl2N2OS/c1-2-18-9-3-4-10-11(5-9)17-12(16-10)19-7-8-6-13(8,14)15/h3-5,8H,2,6-7H2,1H3,(H,16,17)/t8-/m1/s1. The molecule has 19 heavy (non-hydrogen) atoms. The first-order valence-electron chi connectivity index (χ1n) is 6.21. The monoisotopic (exact) mass is 316 g/mol. The van der Waals surface area contributed by atoms with Gasteiger partial charge in [-0.2, -0.15) is 0 Å². The summed E-state index contributed by atoms with van der Waals surface area (Å²) in [5, 5.41) is 0.902. The van der Waals surface area contributed by atoms with Crippen molar-refractivity contribution in [3.8, 4) is 5.75 Å². The molecule has 1 aliphatic rings. The van der Waals surface area contributed by atoms with Crippen molar-refractivity contribution in [2.45, 2.75) is 22.8 Å². The normalized spacial score (nSPS) is 20.7. The summed E-state index contributed by atoms with van der Waals surface area (Å²) in [5.41, 5.74) is 1.94. The Morgan fingerprint density at radius 3 is 3.00 bits per heavy atom. The van der Waals surface area contributed by atoms with E-state index in [1.807, 2.05) is 25.1 Å². The number of hydrogen-bond donors (Lipinski definition) is 1. The van der Waals surface area contributed by atoms with Gasteiger partial charge in [0, 0.05) is 17.7 Å². The van der Waals surface area contributed by atoms with Gasteiger partial charge in [-0.25, -0.2) is 4.98 Å². The summed E-state index contributed by atoms with van der Waals surface area (Å²) in [5.74, 6) is 2.12. The smallest absolute Gasteiger partial charge is 0.166 e. The van der Waals surface area contributed by atoms with Crippen LogP contribution in [-0.4, -0.2) is 26.7 Å². The molecule has 1 heterocycles. The van der Waals surface area contributed by atoms with Gasteiger partial charge in [0.25, 0.3) is 0 Å². The predicted octanol–water partition coefficient (Wildman–Crippen LogP) is 4.25. The molecule has 1 aliphatic carbocycles. The molecular weight excluding hydrogens is 303 g/mol. The highest BCUT2D eigenvalue weighted by Gasteiger charge is 2.51. The molecule has 0 unspecified atom stereocenters. The second-order valence-electron chi connectivity index (χ2n) is 4.63. The van der Waals surface area contributed by atoms with Crippen LogP contribution < -0.4 is 4.74 Å². The molecule has 0 amide bonds. The van der Waals surface area contributed by atoms with Gasteiger partial charge in [-0.3, -0.25) is 0 Å². The van der Waals surface area contributed by atoms with Gasteiger partial charge in [0.05, 0.1) is 17.6 Å². The number of alkyl halides is 2. The molecule has 1 fully saturated rings. The summed E-state index contributed by atoms with van der Waals surface area (Å²) in [6.07, 6.45) is 0.873. The van der Waals surface area contributed by atoms with Gasteiger partial charge < -0.3 is 9.72 Å². The van der Waals surface area contributed by atoms with Crippen LogP contribution in [0.1, 0.15) is 13.3 Å². The molecule has 0 bridgehead atoms. The van der Waals surface area contributed by atoms with E-state index in [2.05, 4.69) is 9.97 Å². The minimum absolute atomic E-state index is 0.369. The van der Waals surface area contributed by atoms with Crippen LogP contribution in [0.2, 0.25) is 0 Å². The topological polar surface area (TPSA) is 37.9 Å². The highest BCUT2D eigenvalue weighted by Crippen LogP contribution is 2.54. The van der Waals surface area contributed by atoms with Crippen LogP contribution >= 0.6 is 35.0 Å². The van der Waals surface area contributed by atoms with Crippen molar-refractivity contribution in [3.63, 3.8) is 0 Å². The van der Waals surface area contributed by atoms with E-state index in [1.54, 1.807) is 11.8 Å². The number of aromatic amines is 1. The Balaban J connectivity index is 1.70. The van der Waals surface area contributed by atoms with E-state index >= 15 is 0 Å². The molecule has 1 atom stereocenters. The number of nitrogens with one attached hydrogen (secondary N) is 1. The van der Waals surface area contributed by atoms with Gasteiger partial charge >= 0.3 is 0 Å². The highest BCUT2D eigenvalue weighted by molar-refractivity contribution is 7.99. The average molecular weight is 317 g/mol. The lowest BCUT2D eigenvalue weighted by molar-refractivity contribution is 0.340. The summed E-state index contributed by atoms with van der Waals surface area (Å²) in [4.78, 5) is 7.82. The van der Waals surface area contributed by atoms with Crippen LogP contribution in [0.4, 0.5) is 0 Å². The molecule has 6 heteroatoms. The molecule has 1 aromatic heterocycles. The van der Waals surface area contributed by atoms with Crippen LogP contribution in [-0.2, 0) is 0 Å².